The number of aromatic nitrogens is 2. The van der Waals surface area contributed by atoms with E-state index >= 15 is 0 Å². The highest BCUT2D eigenvalue weighted by molar-refractivity contribution is 5.85. The third-order valence-electron chi connectivity index (χ3n) is 3.77. The number of carbonyl (C=O) groups excluding carboxylic acids is 1. The molecule has 1 saturated heterocycles. The minimum Gasteiger partial charge on any atom is -0.467 e. The molecule has 0 aliphatic carbocycles. The molecule has 23 heavy (non-hydrogen) atoms. The van der Waals surface area contributed by atoms with Crippen LogP contribution in [0.3, 0.4) is 0 Å². The maximum atomic E-state index is 11.8. The Morgan fingerprint density at radius 2 is 2.00 bits per heavy atom. The Morgan fingerprint density at radius 1 is 1.35 bits per heavy atom. The van der Waals surface area contributed by atoms with Crippen molar-refractivity contribution in [2.75, 3.05) is 30.4 Å². The molecule has 2 heterocycles. The molecule has 2 rings (SSSR count). The zero-order valence-corrected chi connectivity index (χ0v) is 13.5. The molecule has 0 amide bonds. The van der Waals surface area contributed by atoms with Crippen LogP contribution in [0.5, 0.6) is 0 Å². The van der Waals surface area contributed by atoms with Gasteiger partial charge in [-0.25, -0.2) is 14.8 Å². The lowest BCUT2D eigenvalue weighted by molar-refractivity contribution is -0.383. The second-order valence-corrected chi connectivity index (χ2v) is 5.94. The number of methoxy groups -OCH3 is 1. The molecule has 0 spiro atoms. The van der Waals surface area contributed by atoms with Crippen LogP contribution in [0.2, 0.25) is 0 Å². The summed E-state index contributed by atoms with van der Waals surface area (Å²) >= 11 is 0. The zero-order valence-electron chi connectivity index (χ0n) is 13.5. The second kappa shape index (κ2) is 6.76. The number of hydrogen-bond acceptors (Lipinski definition) is 8. The van der Waals surface area contributed by atoms with Gasteiger partial charge in [0.15, 0.2) is 0 Å². The highest BCUT2D eigenvalue weighted by Crippen LogP contribution is 2.34. The number of nitrogens with one attached hydrogen (secondary N) is 1. The van der Waals surface area contributed by atoms with Crippen molar-refractivity contribution in [3.05, 3.63) is 16.4 Å². The number of hydrogen-bond donors (Lipinski definition) is 1. The lowest BCUT2D eigenvalue weighted by atomic mass is 10.1. The first-order valence-electron chi connectivity index (χ1n) is 7.47. The van der Waals surface area contributed by atoms with Gasteiger partial charge in [0.25, 0.3) is 0 Å². The Bertz CT molecular complexity index is 599. The van der Waals surface area contributed by atoms with Crippen LogP contribution in [0.25, 0.3) is 0 Å². The number of rotatable bonds is 5. The maximum Gasteiger partial charge on any atom is 0.353 e. The first-order valence-corrected chi connectivity index (χ1v) is 7.47. The highest BCUT2D eigenvalue weighted by atomic mass is 16.6. The van der Waals surface area contributed by atoms with E-state index in [1.54, 1.807) is 13.8 Å². The van der Waals surface area contributed by atoms with E-state index in [0.717, 1.165) is 32.4 Å². The van der Waals surface area contributed by atoms with E-state index in [1.807, 2.05) is 4.90 Å². The first-order chi connectivity index (χ1) is 10.9. The minimum absolute atomic E-state index is 0.0148. The van der Waals surface area contributed by atoms with Gasteiger partial charge in [0.2, 0.25) is 11.6 Å². The summed E-state index contributed by atoms with van der Waals surface area (Å²) in [5, 5.41) is 14.4. The lowest BCUT2D eigenvalue weighted by Gasteiger charge is -2.28. The van der Waals surface area contributed by atoms with Crippen LogP contribution < -0.4 is 10.2 Å². The lowest BCUT2D eigenvalue weighted by Crippen LogP contribution is -2.41. The van der Waals surface area contributed by atoms with Crippen LogP contribution in [-0.4, -0.2) is 46.6 Å². The normalized spacial score (nSPS) is 15.2. The molecule has 0 atom stereocenters. The van der Waals surface area contributed by atoms with Crippen LogP contribution >= 0.6 is 0 Å². The van der Waals surface area contributed by atoms with Crippen molar-refractivity contribution in [2.45, 2.75) is 38.6 Å². The van der Waals surface area contributed by atoms with Crippen molar-refractivity contribution in [1.29, 1.82) is 0 Å². The first kappa shape index (κ1) is 16.9. The smallest absolute Gasteiger partial charge is 0.353 e. The van der Waals surface area contributed by atoms with Gasteiger partial charge in [-0.15, -0.1) is 0 Å². The average molecular weight is 323 g/mol. The van der Waals surface area contributed by atoms with E-state index in [0.29, 0.717) is 0 Å². The standard InChI is InChI=1S/C14H21N5O4/c1-14(2,13(20)23-3)17-11-10(19(21)22)12(16-9-15-11)18-7-5-4-6-8-18/h9H,4-8H2,1-3H3,(H,15,16,17). The predicted octanol–water partition coefficient (Wildman–Crippen LogP) is 1.74. The number of piperidine rings is 1. The van der Waals surface area contributed by atoms with Gasteiger partial charge in [0, 0.05) is 13.1 Å². The Labute approximate surface area is 134 Å². The van der Waals surface area contributed by atoms with Gasteiger partial charge in [-0.2, -0.15) is 0 Å². The molecule has 0 unspecified atom stereocenters. The van der Waals surface area contributed by atoms with E-state index in [1.165, 1.54) is 13.4 Å². The van der Waals surface area contributed by atoms with Gasteiger partial charge in [0.05, 0.1) is 12.0 Å². The summed E-state index contributed by atoms with van der Waals surface area (Å²) in [5.41, 5.74) is -1.36. The van der Waals surface area contributed by atoms with Crippen molar-refractivity contribution in [1.82, 2.24) is 9.97 Å². The monoisotopic (exact) mass is 323 g/mol. The third-order valence-corrected chi connectivity index (χ3v) is 3.77. The SMILES string of the molecule is COC(=O)C(C)(C)Nc1ncnc(N2CCCCC2)c1[N+](=O)[O-]. The molecule has 0 saturated carbocycles. The predicted molar refractivity (Wildman–Crippen MR) is 84.5 cm³/mol. The largest absolute Gasteiger partial charge is 0.467 e. The summed E-state index contributed by atoms with van der Waals surface area (Å²) in [6.07, 6.45) is 4.32. The van der Waals surface area contributed by atoms with Crippen molar-refractivity contribution < 1.29 is 14.5 Å². The highest BCUT2D eigenvalue weighted by Gasteiger charge is 2.34. The molecule has 9 heteroatoms. The van der Waals surface area contributed by atoms with E-state index in [4.69, 9.17) is 4.74 Å². The van der Waals surface area contributed by atoms with Crippen molar-refractivity contribution >= 4 is 23.3 Å². The number of carbonyl (C=O) groups is 1. The van der Waals surface area contributed by atoms with Crippen LogP contribution in [0.4, 0.5) is 17.3 Å². The van der Waals surface area contributed by atoms with Crippen LogP contribution in [-0.2, 0) is 9.53 Å². The topological polar surface area (TPSA) is 110 Å². The fourth-order valence-electron chi connectivity index (χ4n) is 2.57. The fraction of sp³-hybridized carbons (Fsp3) is 0.643. The second-order valence-electron chi connectivity index (χ2n) is 5.94. The Morgan fingerprint density at radius 3 is 2.57 bits per heavy atom. The van der Waals surface area contributed by atoms with Crippen LogP contribution in [0, 0.1) is 10.1 Å². The summed E-state index contributed by atoms with van der Waals surface area (Å²) in [7, 11) is 1.26. The van der Waals surface area contributed by atoms with Gasteiger partial charge in [-0.3, -0.25) is 10.1 Å². The molecule has 1 aliphatic rings. The van der Waals surface area contributed by atoms with Gasteiger partial charge in [-0.1, -0.05) is 0 Å². The summed E-state index contributed by atoms with van der Waals surface area (Å²) in [5.74, 6) is -0.237. The van der Waals surface area contributed by atoms with Gasteiger partial charge < -0.3 is 15.0 Å². The molecule has 1 aliphatic heterocycles. The molecule has 1 fully saturated rings. The number of ether oxygens (including phenoxy) is 1. The Hall–Kier alpha value is -2.45. The van der Waals surface area contributed by atoms with E-state index in [-0.39, 0.29) is 17.3 Å². The molecular formula is C14H21N5O4. The molecule has 0 radical (unpaired) electrons. The summed E-state index contributed by atoms with van der Waals surface area (Å²) in [6.45, 7) is 4.59. The van der Waals surface area contributed by atoms with Gasteiger partial charge in [0.1, 0.15) is 11.9 Å². The third kappa shape index (κ3) is 3.66. The van der Waals surface area contributed by atoms with E-state index < -0.39 is 16.4 Å². The summed E-state index contributed by atoms with van der Waals surface area (Å²) in [6, 6.07) is 0. The quantitative estimate of drug-likeness (QED) is 0.495. The van der Waals surface area contributed by atoms with E-state index in [9.17, 15) is 14.9 Å². The molecule has 9 nitrogen and oxygen atoms in total. The Balaban J connectivity index is 2.40. The number of nitrogens with zero attached hydrogens (tertiary/aromatic N) is 4. The van der Waals surface area contributed by atoms with Gasteiger partial charge >= 0.3 is 11.7 Å². The molecule has 126 valence electrons. The number of esters is 1. The molecule has 1 aromatic rings. The molecule has 0 aromatic carbocycles. The van der Waals surface area contributed by atoms with Crippen molar-refractivity contribution in [2.24, 2.45) is 0 Å². The van der Waals surface area contributed by atoms with Crippen molar-refractivity contribution in [3.8, 4) is 0 Å². The molecule has 0 bridgehead atoms. The van der Waals surface area contributed by atoms with E-state index in [2.05, 4.69) is 15.3 Å². The molecular weight excluding hydrogens is 302 g/mol. The van der Waals surface area contributed by atoms with Crippen LogP contribution in [0.15, 0.2) is 6.33 Å². The molecule has 1 N–H and O–H groups in total. The summed E-state index contributed by atoms with van der Waals surface area (Å²) < 4.78 is 4.71. The number of nitro groups is 1. The summed E-state index contributed by atoms with van der Waals surface area (Å²) in [4.78, 5) is 32.8. The van der Waals surface area contributed by atoms with Crippen LogP contribution in [0.1, 0.15) is 33.1 Å². The molecule has 1 aromatic heterocycles. The minimum atomic E-state index is -1.15. The van der Waals surface area contributed by atoms with Gasteiger partial charge in [-0.05, 0) is 33.1 Å². The Kier molecular flexibility index (Phi) is 4.97. The average Bonchev–Trinajstić information content (AvgIpc) is 2.54. The van der Waals surface area contributed by atoms with Crippen molar-refractivity contribution in [3.63, 3.8) is 0 Å². The zero-order chi connectivity index (χ0) is 17.0. The fourth-order valence-corrected chi connectivity index (χ4v) is 2.57. The maximum absolute atomic E-state index is 11.8. The number of anilines is 2.